The molecule has 2 rings (SSSR count). The molecule has 0 saturated heterocycles. The fourth-order valence-corrected chi connectivity index (χ4v) is 1.59. The predicted octanol–water partition coefficient (Wildman–Crippen LogP) is 3.47. The zero-order valence-electron chi connectivity index (χ0n) is 10.0. The second-order valence-corrected chi connectivity index (χ2v) is 4.06. The highest BCUT2D eigenvalue weighted by molar-refractivity contribution is 5.59. The SMILES string of the molecule is O=c1nc(-c2ccc(C(F)(F)F)cc2)cc(C(F)(F)F)[nH]1. The van der Waals surface area contributed by atoms with Crippen LogP contribution in [0.3, 0.4) is 0 Å². The maximum absolute atomic E-state index is 12.5. The maximum atomic E-state index is 12.5. The minimum atomic E-state index is -4.79. The van der Waals surface area contributed by atoms with Crippen molar-refractivity contribution in [1.29, 1.82) is 0 Å². The van der Waals surface area contributed by atoms with Gasteiger partial charge in [0.05, 0.1) is 11.3 Å². The zero-order chi connectivity index (χ0) is 15.8. The van der Waals surface area contributed by atoms with Gasteiger partial charge in [-0.25, -0.2) is 4.79 Å². The first-order valence-corrected chi connectivity index (χ1v) is 5.43. The third-order valence-electron chi connectivity index (χ3n) is 2.56. The second-order valence-electron chi connectivity index (χ2n) is 4.06. The smallest absolute Gasteiger partial charge is 0.302 e. The van der Waals surface area contributed by atoms with Crippen LogP contribution in [0.15, 0.2) is 35.1 Å². The number of aromatic nitrogens is 2. The number of hydrogen-bond donors (Lipinski definition) is 1. The van der Waals surface area contributed by atoms with Gasteiger partial charge in [-0.2, -0.15) is 31.3 Å². The average Bonchev–Trinajstić information content (AvgIpc) is 2.36. The van der Waals surface area contributed by atoms with E-state index in [1.165, 1.54) is 4.98 Å². The first-order valence-electron chi connectivity index (χ1n) is 5.43. The minimum absolute atomic E-state index is 0.0281. The summed E-state index contributed by atoms with van der Waals surface area (Å²) in [4.78, 5) is 15.9. The molecule has 0 unspecified atom stereocenters. The van der Waals surface area contributed by atoms with E-state index in [1.54, 1.807) is 0 Å². The molecule has 0 atom stereocenters. The zero-order valence-corrected chi connectivity index (χ0v) is 10.0. The Morgan fingerprint density at radius 3 is 1.95 bits per heavy atom. The van der Waals surface area contributed by atoms with Crippen LogP contribution in [0, 0.1) is 0 Å². The third-order valence-corrected chi connectivity index (χ3v) is 2.56. The van der Waals surface area contributed by atoms with Crippen LogP contribution in [0.2, 0.25) is 0 Å². The Labute approximate surface area is 113 Å². The molecule has 112 valence electrons. The molecule has 2 aromatic rings. The Morgan fingerprint density at radius 1 is 0.905 bits per heavy atom. The molecule has 0 aliphatic rings. The highest BCUT2D eigenvalue weighted by atomic mass is 19.4. The molecule has 0 saturated carbocycles. The van der Waals surface area contributed by atoms with Crippen molar-refractivity contribution in [2.45, 2.75) is 12.4 Å². The molecule has 0 radical (unpaired) electrons. The lowest BCUT2D eigenvalue weighted by atomic mass is 10.1. The highest BCUT2D eigenvalue weighted by Crippen LogP contribution is 2.32. The van der Waals surface area contributed by atoms with Gasteiger partial charge in [-0.3, -0.25) is 0 Å². The van der Waals surface area contributed by atoms with E-state index >= 15 is 0 Å². The molecule has 1 N–H and O–H groups in total. The van der Waals surface area contributed by atoms with Crippen molar-refractivity contribution in [2.75, 3.05) is 0 Å². The number of H-pyrrole nitrogens is 1. The first-order chi connectivity index (χ1) is 9.57. The summed E-state index contributed by atoms with van der Waals surface area (Å²) >= 11 is 0. The van der Waals surface area contributed by atoms with Crippen molar-refractivity contribution in [3.8, 4) is 11.3 Å². The van der Waals surface area contributed by atoms with Crippen molar-refractivity contribution in [3.05, 3.63) is 52.1 Å². The van der Waals surface area contributed by atoms with Crippen molar-refractivity contribution < 1.29 is 26.3 Å². The van der Waals surface area contributed by atoms with Crippen LogP contribution in [0.4, 0.5) is 26.3 Å². The number of aromatic amines is 1. The summed E-state index contributed by atoms with van der Waals surface area (Å²) in [5.41, 5.74) is -3.90. The normalized spacial score (nSPS) is 12.5. The number of rotatable bonds is 1. The standard InChI is InChI=1S/C12H6F6N2O/c13-11(14,15)7-3-1-6(2-4-7)8-5-9(12(16,17)18)20-10(21)19-8/h1-5H,(H,19,20,21). The van der Waals surface area contributed by atoms with Gasteiger partial charge in [-0.1, -0.05) is 12.1 Å². The van der Waals surface area contributed by atoms with E-state index in [9.17, 15) is 31.1 Å². The van der Waals surface area contributed by atoms with Crippen molar-refractivity contribution in [2.24, 2.45) is 0 Å². The predicted molar refractivity (Wildman–Crippen MR) is 60.3 cm³/mol. The number of hydrogen-bond acceptors (Lipinski definition) is 2. The van der Waals surface area contributed by atoms with Gasteiger partial charge in [0.1, 0.15) is 5.69 Å². The van der Waals surface area contributed by atoms with E-state index in [1.807, 2.05) is 0 Å². The van der Waals surface area contributed by atoms with E-state index in [0.717, 1.165) is 12.1 Å². The van der Waals surface area contributed by atoms with Crippen LogP contribution in [0.25, 0.3) is 11.3 Å². The molecule has 3 nitrogen and oxygen atoms in total. The molecule has 1 aromatic carbocycles. The second kappa shape index (κ2) is 4.90. The summed E-state index contributed by atoms with van der Waals surface area (Å²) in [5.74, 6) is 0. The number of nitrogens with zero attached hydrogens (tertiary/aromatic N) is 1. The fourth-order valence-electron chi connectivity index (χ4n) is 1.59. The fraction of sp³-hybridized carbons (Fsp3) is 0.167. The number of benzene rings is 1. The summed E-state index contributed by atoms with van der Waals surface area (Å²) in [6.07, 6.45) is -9.35. The van der Waals surface area contributed by atoms with E-state index in [-0.39, 0.29) is 11.3 Å². The Hall–Kier alpha value is -2.32. The Morgan fingerprint density at radius 2 is 1.48 bits per heavy atom. The highest BCUT2D eigenvalue weighted by Gasteiger charge is 2.33. The van der Waals surface area contributed by atoms with Crippen LogP contribution >= 0.6 is 0 Å². The molecule has 0 aliphatic carbocycles. The van der Waals surface area contributed by atoms with Crippen LogP contribution in [-0.2, 0) is 12.4 Å². The van der Waals surface area contributed by atoms with Gasteiger partial charge in [0.25, 0.3) is 0 Å². The molecule has 0 fully saturated rings. The largest absolute Gasteiger partial charge is 0.431 e. The molecular weight excluding hydrogens is 302 g/mol. The first kappa shape index (κ1) is 15.1. The molecule has 1 heterocycles. The van der Waals surface area contributed by atoms with Crippen LogP contribution < -0.4 is 5.69 Å². The van der Waals surface area contributed by atoms with Gasteiger partial charge in [-0.15, -0.1) is 0 Å². The molecule has 9 heteroatoms. The molecular formula is C12H6F6N2O. The summed E-state index contributed by atoms with van der Waals surface area (Å²) in [6, 6.07) is 3.86. The number of halogens is 6. The summed E-state index contributed by atoms with van der Waals surface area (Å²) < 4.78 is 74.8. The molecule has 21 heavy (non-hydrogen) atoms. The molecule has 1 aromatic heterocycles. The van der Waals surface area contributed by atoms with E-state index in [2.05, 4.69) is 4.98 Å². The monoisotopic (exact) mass is 308 g/mol. The minimum Gasteiger partial charge on any atom is -0.302 e. The lowest BCUT2D eigenvalue weighted by Gasteiger charge is -2.09. The Balaban J connectivity index is 2.48. The van der Waals surface area contributed by atoms with Gasteiger partial charge in [0.15, 0.2) is 0 Å². The number of nitrogens with one attached hydrogen (secondary N) is 1. The molecule has 0 spiro atoms. The van der Waals surface area contributed by atoms with Crippen LogP contribution in [0.1, 0.15) is 11.3 Å². The third kappa shape index (κ3) is 3.41. The summed E-state index contributed by atoms with van der Waals surface area (Å²) in [6.45, 7) is 0. The van der Waals surface area contributed by atoms with E-state index < -0.39 is 29.3 Å². The Bertz CT molecular complexity index is 699. The van der Waals surface area contributed by atoms with Crippen molar-refractivity contribution in [1.82, 2.24) is 9.97 Å². The van der Waals surface area contributed by atoms with Crippen LogP contribution in [-0.4, -0.2) is 9.97 Å². The van der Waals surface area contributed by atoms with E-state index in [4.69, 9.17) is 0 Å². The molecule has 0 bridgehead atoms. The average molecular weight is 308 g/mol. The molecule has 0 aliphatic heterocycles. The quantitative estimate of drug-likeness (QED) is 0.820. The van der Waals surface area contributed by atoms with Gasteiger partial charge in [0, 0.05) is 5.56 Å². The van der Waals surface area contributed by atoms with Crippen molar-refractivity contribution in [3.63, 3.8) is 0 Å². The van der Waals surface area contributed by atoms with Gasteiger partial charge < -0.3 is 4.98 Å². The van der Waals surface area contributed by atoms with Gasteiger partial charge in [-0.05, 0) is 18.2 Å². The lowest BCUT2D eigenvalue weighted by Crippen LogP contribution is -2.19. The van der Waals surface area contributed by atoms with Crippen molar-refractivity contribution >= 4 is 0 Å². The van der Waals surface area contributed by atoms with Gasteiger partial charge >= 0.3 is 18.0 Å². The topological polar surface area (TPSA) is 45.8 Å². The summed E-state index contributed by atoms with van der Waals surface area (Å²) in [5, 5.41) is 0. The van der Waals surface area contributed by atoms with Crippen LogP contribution in [0.5, 0.6) is 0 Å². The lowest BCUT2D eigenvalue weighted by molar-refractivity contribution is -0.141. The van der Waals surface area contributed by atoms with Gasteiger partial charge in [0.2, 0.25) is 0 Å². The maximum Gasteiger partial charge on any atom is 0.431 e. The van der Waals surface area contributed by atoms with E-state index in [0.29, 0.717) is 18.2 Å². The summed E-state index contributed by atoms with van der Waals surface area (Å²) in [7, 11) is 0. The number of alkyl halides is 6. The Kier molecular flexibility index (Phi) is 3.52. The molecule has 0 amide bonds.